The van der Waals surface area contributed by atoms with Crippen LogP contribution in [0.25, 0.3) is 0 Å². The molecule has 6 bridgehead atoms. The summed E-state index contributed by atoms with van der Waals surface area (Å²) in [6.07, 6.45) is 0. The highest BCUT2D eigenvalue weighted by Gasteiger charge is 2.22. The summed E-state index contributed by atoms with van der Waals surface area (Å²) in [6, 6.07) is 19.3. The topological polar surface area (TPSA) is 186 Å². The summed E-state index contributed by atoms with van der Waals surface area (Å²) >= 11 is 0. The third kappa shape index (κ3) is 7.19. The van der Waals surface area contributed by atoms with E-state index in [4.69, 9.17) is 10.5 Å². The van der Waals surface area contributed by atoms with Crippen molar-refractivity contribution in [1.29, 1.82) is 10.5 Å². The molecule has 0 saturated heterocycles. The molecule has 0 unspecified atom stereocenters. The van der Waals surface area contributed by atoms with Gasteiger partial charge in [-0.05, 0) is 54.6 Å². The second-order valence-corrected chi connectivity index (χ2v) is 11.9. The quantitative estimate of drug-likeness (QED) is 0.382. The maximum absolute atomic E-state index is 12.7. The third-order valence-electron chi connectivity index (χ3n) is 4.19. The number of nitriles is 2. The molecular weight excluding hydrogens is 526 g/mol. The van der Waals surface area contributed by atoms with Crippen molar-refractivity contribution in [3.05, 3.63) is 72.8 Å². The van der Waals surface area contributed by atoms with Gasteiger partial charge in [-0.15, -0.1) is 0 Å². The van der Waals surface area contributed by atoms with E-state index in [1.54, 1.807) is 12.1 Å². The van der Waals surface area contributed by atoms with Crippen LogP contribution >= 0.6 is 0 Å². The van der Waals surface area contributed by atoms with E-state index in [9.17, 15) is 25.3 Å². The number of fused-ring (bicyclic) bond motifs is 6. The zero-order valence-electron chi connectivity index (χ0n) is 19.0. The lowest BCUT2D eigenvalue weighted by Crippen LogP contribution is -2.15. The zero-order valence-corrected chi connectivity index (χ0v) is 21.4. The largest absolute Gasteiger partial charge is 0.280 e. The van der Waals surface area contributed by atoms with Crippen molar-refractivity contribution < 1.29 is 25.3 Å². The van der Waals surface area contributed by atoms with Crippen LogP contribution in [0.4, 0.5) is 17.1 Å². The zero-order chi connectivity index (χ0) is 27.0. The fourth-order valence-corrected chi connectivity index (χ4v) is 6.11. The van der Waals surface area contributed by atoms with Crippen molar-refractivity contribution in [2.24, 2.45) is 0 Å². The van der Waals surface area contributed by atoms with Gasteiger partial charge in [0.05, 0.1) is 43.9 Å². The predicted molar refractivity (Wildman–Crippen MR) is 134 cm³/mol. The minimum absolute atomic E-state index is 0.0347. The molecule has 0 amide bonds. The second-order valence-electron chi connectivity index (χ2n) is 6.85. The van der Waals surface area contributed by atoms with E-state index >= 15 is 0 Å². The van der Waals surface area contributed by atoms with Gasteiger partial charge in [0.2, 0.25) is 0 Å². The highest BCUT2D eigenvalue weighted by Crippen LogP contribution is 2.26. The second kappa shape index (κ2) is 11.5. The number of nitrogens with zero attached hydrogens (tertiary/aromatic N) is 2. The van der Waals surface area contributed by atoms with Crippen molar-refractivity contribution in [3.8, 4) is 12.1 Å². The molecule has 188 valence electrons. The Bertz CT molecular complexity index is 1460. The standard InChI is InChI=1S/C18H15N3O6S3.2C2H3N/c22-28(23)16-7-1-4-13(10-16)19-29(24,25)17-8-3-6-15(12-17)21-30(26,27)18-9-2-5-14(11-18)20-28;2*1-2-3/h1-12,19-21H;2*1H3. The number of hydrogen-bond acceptors (Lipinski definition) is 8. The van der Waals surface area contributed by atoms with Crippen LogP contribution in [-0.4, -0.2) is 25.3 Å². The first kappa shape index (κ1) is 28.1. The molecule has 36 heavy (non-hydrogen) atoms. The van der Waals surface area contributed by atoms with Crippen LogP contribution in [0.5, 0.6) is 0 Å². The number of nitrogens with one attached hydrogen (secondary N) is 3. The average molecular weight is 548 g/mol. The summed E-state index contributed by atoms with van der Waals surface area (Å²) in [5.74, 6) is 0. The minimum Gasteiger partial charge on any atom is -0.280 e. The van der Waals surface area contributed by atoms with E-state index < -0.39 is 30.1 Å². The van der Waals surface area contributed by atoms with E-state index in [0.717, 1.165) is 0 Å². The SMILES string of the molecule is CC#N.CC#N.O=S1(=O)Nc2cccc(c2)S(=O)(=O)Nc2cccc(c2)S(=O)(=O)Nc2cccc1c2. The molecule has 0 fully saturated rings. The number of anilines is 3. The molecule has 4 rings (SSSR count). The normalized spacial score (nSPS) is 15.8. The molecule has 0 spiro atoms. The first-order chi connectivity index (χ1) is 16.9. The van der Waals surface area contributed by atoms with Crippen LogP contribution in [0, 0.1) is 22.7 Å². The van der Waals surface area contributed by atoms with E-state index in [1.807, 2.05) is 0 Å². The Kier molecular flexibility index (Phi) is 9.02. The van der Waals surface area contributed by atoms with E-state index in [0.29, 0.717) is 0 Å². The monoisotopic (exact) mass is 547 g/mol. The maximum Gasteiger partial charge on any atom is 0.261 e. The van der Waals surface area contributed by atoms with Gasteiger partial charge in [0.1, 0.15) is 0 Å². The van der Waals surface area contributed by atoms with Crippen molar-refractivity contribution >= 4 is 47.1 Å². The molecule has 3 N–H and O–H groups in total. The highest BCUT2D eigenvalue weighted by molar-refractivity contribution is 7.93. The van der Waals surface area contributed by atoms with E-state index in [-0.39, 0.29) is 31.7 Å². The maximum atomic E-state index is 12.7. The summed E-state index contributed by atoms with van der Waals surface area (Å²) < 4.78 is 83.3. The van der Waals surface area contributed by atoms with Gasteiger partial charge in [-0.3, -0.25) is 14.2 Å². The first-order valence-electron chi connectivity index (χ1n) is 9.89. The smallest absolute Gasteiger partial charge is 0.261 e. The van der Waals surface area contributed by atoms with Gasteiger partial charge in [-0.25, -0.2) is 25.3 Å². The van der Waals surface area contributed by atoms with Crippen LogP contribution in [0.2, 0.25) is 0 Å². The molecule has 0 radical (unpaired) electrons. The van der Waals surface area contributed by atoms with Gasteiger partial charge in [0.25, 0.3) is 30.1 Å². The summed E-state index contributed by atoms with van der Waals surface area (Å²) in [6.45, 7) is 2.86. The number of rotatable bonds is 0. The van der Waals surface area contributed by atoms with Crippen molar-refractivity contribution in [2.75, 3.05) is 14.2 Å². The summed E-state index contributed by atoms with van der Waals surface area (Å²) in [4.78, 5) is -0.590. The van der Waals surface area contributed by atoms with Gasteiger partial charge in [0.15, 0.2) is 0 Å². The lowest BCUT2D eigenvalue weighted by molar-refractivity contribution is 0.598. The Labute approximate surface area is 210 Å². The lowest BCUT2D eigenvalue weighted by Gasteiger charge is -2.11. The predicted octanol–water partition coefficient (Wildman–Crippen LogP) is 3.46. The Balaban J connectivity index is 0.000000693. The lowest BCUT2D eigenvalue weighted by atomic mass is 10.3. The molecule has 0 saturated carbocycles. The van der Waals surface area contributed by atoms with Crippen molar-refractivity contribution in [1.82, 2.24) is 0 Å². The fourth-order valence-electron chi connectivity index (χ4n) is 2.82. The Morgan fingerprint density at radius 3 is 0.972 bits per heavy atom. The minimum atomic E-state index is -4.11. The molecule has 0 atom stereocenters. The van der Waals surface area contributed by atoms with Crippen LogP contribution < -0.4 is 14.2 Å². The van der Waals surface area contributed by atoms with Crippen molar-refractivity contribution in [2.45, 2.75) is 28.5 Å². The molecule has 3 aromatic rings. The van der Waals surface area contributed by atoms with Crippen molar-refractivity contribution in [3.63, 3.8) is 0 Å². The third-order valence-corrected chi connectivity index (χ3v) is 8.33. The molecule has 1 aliphatic rings. The van der Waals surface area contributed by atoms with Gasteiger partial charge in [-0.1, -0.05) is 18.2 Å². The number of hydrogen-bond donors (Lipinski definition) is 3. The Hall–Kier alpha value is -4.11. The molecule has 14 heteroatoms. The van der Waals surface area contributed by atoms with Crippen LogP contribution in [0.1, 0.15) is 13.8 Å². The van der Waals surface area contributed by atoms with Crippen LogP contribution in [-0.2, 0) is 30.1 Å². The molecule has 11 nitrogen and oxygen atoms in total. The van der Waals surface area contributed by atoms with Gasteiger partial charge < -0.3 is 0 Å². The van der Waals surface area contributed by atoms with Gasteiger partial charge in [0, 0.05) is 13.8 Å². The Morgan fingerprint density at radius 2 is 0.750 bits per heavy atom. The van der Waals surface area contributed by atoms with Crippen LogP contribution in [0.15, 0.2) is 87.5 Å². The molecule has 1 heterocycles. The van der Waals surface area contributed by atoms with Gasteiger partial charge in [-0.2, -0.15) is 10.5 Å². The number of benzene rings is 3. The fraction of sp³-hybridized carbons (Fsp3) is 0.0909. The highest BCUT2D eigenvalue weighted by atomic mass is 32.2. The van der Waals surface area contributed by atoms with Crippen LogP contribution in [0.3, 0.4) is 0 Å². The Morgan fingerprint density at radius 1 is 0.528 bits per heavy atom. The van der Waals surface area contributed by atoms with E-state index in [2.05, 4.69) is 14.2 Å². The molecule has 1 aliphatic heterocycles. The summed E-state index contributed by atoms with van der Waals surface area (Å²) in [5, 5.41) is 14.6. The summed E-state index contributed by atoms with van der Waals surface area (Å²) in [7, 11) is -12.3. The molecule has 0 aliphatic carbocycles. The van der Waals surface area contributed by atoms with Gasteiger partial charge >= 0.3 is 0 Å². The molecule has 3 aromatic carbocycles. The first-order valence-corrected chi connectivity index (χ1v) is 14.3. The molecular formula is C22H21N5O6S3. The summed E-state index contributed by atoms with van der Waals surface area (Å²) in [5.41, 5.74) is 0.104. The molecule has 0 aromatic heterocycles. The average Bonchev–Trinajstić information content (AvgIpc) is 2.79. The number of sulfonamides is 3. The van der Waals surface area contributed by atoms with E-state index in [1.165, 1.54) is 86.6 Å².